The van der Waals surface area contributed by atoms with Crippen molar-refractivity contribution in [2.45, 2.75) is 50.3 Å². The molecule has 0 spiro atoms. The zero-order valence-corrected chi connectivity index (χ0v) is 13.7. The van der Waals surface area contributed by atoms with Gasteiger partial charge in [-0.15, -0.1) is 0 Å². The summed E-state index contributed by atoms with van der Waals surface area (Å²) in [7, 11) is 0. The first kappa shape index (κ1) is 16.0. The summed E-state index contributed by atoms with van der Waals surface area (Å²) in [5.74, 6) is 0.792. The maximum absolute atomic E-state index is 13.8. The van der Waals surface area contributed by atoms with Crippen LogP contribution in [-0.2, 0) is 0 Å². The van der Waals surface area contributed by atoms with Crippen molar-refractivity contribution in [3.63, 3.8) is 0 Å². The molecular weight excluding hydrogens is 323 g/mol. The minimum absolute atomic E-state index is 0.189. The van der Waals surface area contributed by atoms with E-state index in [4.69, 9.17) is 0 Å². The highest BCUT2D eigenvalue weighted by Crippen LogP contribution is 2.23. The molecule has 2 heterocycles. The van der Waals surface area contributed by atoms with Crippen molar-refractivity contribution in [2.75, 3.05) is 10.6 Å². The standard InChI is InChI=1S/C17H21FN6O/c18-12-3-1-2-4-13(12)21-17-22-14-9-19-16(23-15(14)24-17)20-10-5-7-11(25)8-6-10/h1-3,9-11,13,25H,4-8H2,(H3,19,20,21,22,23,24). The smallest absolute Gasteiger partial charge is 0.225 e. The molecule has 2 aliphatic carbocycles. The third kappa shape index (κ3) is 3.63. The lowest BCUT2D eigenvalue weighted by atomic mass is 9.93. The number of hydrogen-bond acceptors (Lipinski definition) is 6. The van der Waals surface area contributed by atoms with Gasteiger partial charge >= 0.3 is 0 Å². The second kappa shape index (κ2) is 6.79. The number of hydrogen-bond donors (Lipinski definition) is 4. The Hall–Kier alpha value is -2.48. The summed E-state index contributed by atoms with van der Waals surface area (Å²) >= 11 is 0. The van der Waals surface area contributed by atoms with E-state index in [1.807, 2.05) is 6.08 Å². The number of aliphatic hydroxyl groups is 1. The van der Waals surface area contributed by atoms with Crippen molar-refractivity contribution >= 4 is 23.1 Å². The van der Waals surface area contributed by atoms with E-state index in [2.05, 4.69) is 30.6 Å². The molecule has 2 aromatic rings. The fourth-order valence-electron chi connectivity index (χ4n) is 3.24. The Morgan fingerprint density at radius 1 is 1.16 bits per heavy atom. The molecule has 4 N–H and O–H groups in total. The molecule has 0 radical (unpaired) electrons. The first-order chi connectivity index (χ1) is 12.2. The van der Waals surface area contributed by atoms with Crippen LogP contribution >= 0.6 is 0 Å². The van der Waals surface area contributed by atoms with Gasteiger partial charge in [0.15, 0.2) is 5.65 Å². The Bertz CT molecular complexity index is 809. The minimum atomic E-state index is -0.412. The second-order valence-electron chi connectivity index (χ2n) is 6.58. The van der Waals surface area contributed by atoms with Crippen LogP contribution in [0.25, 0.3) is 11.2 Å². The van der Waals surface area contributed by atoms with Gasteiger partial charge in [-0.25, -0.2) is 9.37 Å². The van der Waals surface area contributed by atoms with Crippen molar-refractivity contribution in [3.05, 3.63) is 30.3 Å². The Labute approximate surface area is 144 Å². The van der Waals surface area contributed by atoms with Gasteiger partial charge < -0.3 is 20.7 Å². The molecule has 4 rings (SSSR count). The molecule has 2 aliphatic rings. The fraction of sp³-hybridized carbons (Fsp3) is 0.471. The van der Waals surface area contributed by atoms with Gasteiger partial charge in [-0.3, -0.25) is 0 Å². The van der Waals surface area contributed by atoms with Gasteiger partial charge in [0.1, 0.15) is 11.3 Å². The number of rotatable bonds is 4. The van der Waals surface area contributed by atoms with Gasteiger partial charge in [-0.2, -0.15) is 9.97 Å². The van der Waals surface area contributed by atoms with Gasteiger partial charge in [0.2, 0.25) is 11.9 Å². The summed E-state index contributed by atoms with van der Waals surface area (Å²) in [4.78, 5) is 16.2. The number of anilines is 2. The lowest BCUT2D eigenvalue weighted by Gasteiger charge is -2.25. The third-order valence-corrected chi connectivity index (χ3v) is 4.68. The molecule has 25 heavy (non-hydrogen) atoms. The minimum Gasteiger partial charge on any atom is -0.393 e. The monoisotopic (exact) mass is 344 g/mol. The van der Waals surface area contributed by atoms with Crippen LogP contribution in [0.1, 0.15) is 32.1 Å². The predicted octanol–water partition coefficient (Wildman–Crippen LogP) is 2.66. The molecule has 1 saturated carbocycles. The van der Waals surface area contributed by atoms with E-state index in [0.717, 1.165) is 25.7 Å². The molecule has 1 fully saturated rings. The average molecular weight is 344 g/mol. The summed E-state index contributed by atoms with van der Waals surface area (Å²) < 4.78 is 13.8. The van der Waals surface area contributed by atoms with Gasteiger partial charge in [-0.05, 0) is 38.2 Å². The van der Waals surface area contributed by atoms with E-state index in [0.29, 0.717) is 29.5 Å². The topological polar surface area (TPSA) is 98.8 Å². The second-order valence-corrected chi connectivity index (χ2v) is 6.58. The summed E-state index contributed by atoms with van der Waals surface area (Å²) in [6, 6.07) is -0.143. The molecule has 1 atom stereocenters. The number of aromatic amines is 1. The van der Waals surface area contributed by atoms with Crippen LogP contribution in [0.2, 0.25) is 0 Å². The van der Waals surface area contributed by atoms with E-state index in [9.17, 15) is 9.50 Å². The number of nitrogens with zero attached hydrogens (tertiary/aromatic N) is 3. The van der Waals surface area contributed by atoms with Crippen LogP contribution in [0.15, 0.2) is 30.3 Å². The molecule has 8 heteroatoms. The van der Waals surface area contributed by atoms with Crippen LogP contribution in [0, 0.1) is 0 Å². The number of nitrogens with one attached hydrogen (secondary N) is 3. The normalized spacial score (nSPS) is 26.5. The number of imidazole rings is 1. The van der Waals surface area contributed by atoms with E-state index in [1.165, 1.54) is 6.08 Å². The Morgan fingerprint density at radius 3 is 2.80 bits per heavy atom. The highest BCUT2D eigenvalue weighted by molar-refractivity contribution is 5.73. The third-order valence-electron chi connectivity index (χ3n) is 4.68. The first-order valence-corrected chi connectivity index (χ1v) is 8.63. The molecule has 132 valence electrons. The van der Waals surface area contributed by atoms with E-state index < -0.39 is 6.04 Å². The zero-order valence-electron chi connectivity index (χ0n) is 13.7. The van der Waals surface area contributed by atoms with Gasteiger partial charge in [0.05, 0.1) is 18.3 Å². The van der Waals surface area contributed by atoms with Gasteiger partial charge in [0.25, 0.3) is 0 Å². The molecule has 0 bridgehead atoms. The van der Waals surface area contributed by atoms with E-state index >= 15 is 0 Å². The summed E-state index contributed by atoms with van der Waals surface area (Å²) in [5, 5.41) is 15.9. The Balaban J connectivity index is 1.46. The van der Waals surface area contributed by atoms with Crippen molar-refractivity contribution < 1.29 is 9.50 Å². The van der Waals surface area contributed by atoms with E-state index in [-0.39, 0.29) is 18.0 Å². The maximum Gasteiger partial charge on any atom is 0.225 e. The lowest BCUT2D eigenvalue weighted by molar-refractivity contribution is 0.126. The number of allylic oxidation sites excluding steroid dienone is 2. The summed E-state index contributed by atoms with van der Waals surface area (Å²) in [6.07, 6.45) is 10.5. The molecule has 0 aliphatic heterocycles. The predicted molar refractivity (Wildman–Crippen MR) is 93.9 cm³/mol. The van der Waals surface area contributed by atoms with Crippen molar-refractivity contribution in [3.8, 4) is 0 Å². The maximum atomic E-state index is 13.8. The van der Waals surface area contributed by atoms with Gasteiger partial charge in [-0.1, -0.05) is 12.2 Å². The number of fused-ring (bicyclic) bond motifs is 1. The summed E-state index contributed by atoms with van der Waals surface area (Å²) in [5.41, 5.74) is 1.23. The highest BCUT2D eigenvalue weighted by atomic mass is 19.1. The Morgan fingerprint density at radius 2 is 2.00 bits per heavy atom. The zero-order chi connectivity index (χ0) is 17.2. The number of halogens is 1. The number of aromatic nitrogens is 4. The molecule has 2 aromatic heterocycles. The van der Waals surface area contributed by atoms with Crippen LogP contribution in [0.3, 0.4) is 0 Å². The molecule has 7 nitrogen and oxygen atoms in total. The highest BCUT2D eigenvalue weighted by Gasteiger charge is 2.20. The average Bonchev–Trinajstić information content (AvgIpc) is 3.01. The lowest BCUT2D eigenvalue weighted by Crippen LogP contribution is -2.28. The largest absolute Gasteiger partial charge is 0.393 e. The van der Waals surface area contributed by atoms with Crippen LogP contribution in [0.5, 0.6) is 0 Å². The quantitative estimate of drug-likeness (QED) is 0.681. The molecule has 0 amide bonds. The van der Waals surface area contributed by atoms with Crippen molar-refractivity contribution in [1.82, 2.24) is 19.9 Å². The molecule has 0 saturated heterocycles. The number of H-pyrrole nitrogens is 1. The molecule has 1 unspecified atom stereocenters. The van der Waals surface area contributed by atoms with Gasteiger partial charge in [0, 0.05) is 6.04 Å². The number of aliphatic hydroxyl groups excluding tert-OH is 1. The summed E-state index contributed by atoms with van der Waals surface area (Å²) in [6.45, 7) is 0. The van der Waals surface area contributed by atoms with Crippen LogP contribution in [0.4, 0.5) is 16.3 Å². The van der Waals surface area contributed by atoms with Crippen molar-refractivity contribution in [2.24, 2.45) is 0 Å². The fourth-order valence-corrected chi connectivity index (χ4v) is 3.24. The SMILES string of the molecule is OC1CCC(Nc2ncc3[nH]c(NC4CC=CC=C4F)nc3n2)CC1. The van der Waals surface area contributed by atoms with Crippen molar-refractivity contribution in [1.29, 1.82) is 0 Å². The first-order valence-electron chi connectivity index (χ1n) is 8.63. The van der Waals surface area contributed by atoms with Crippen LogP contribution < -0.4 is 10.6 Å². The van der Waals surface area contributed by atoms with E-state index in [1.54, 1.807) is 12.3 Å². The molecular formula is C17H21FN6O. The van der Waals surface area contributed by atoms with Crippen LogP contribution in [-0.4, -0.2) is 43.2 Å². The Kier molecular flexibility index (Phi) is 4.35. The molecule has 0 aromatic carbocycles.